The van der Waals surface area contributed by atoms with E-state index in [4.69, 9.17) is 9.63 Å². The minimum atomic E-state index is -0.795. The number of rotatable bonds is 6. The second-order valence-electron chi connectivity index (χ2n) is 4.44. The number of hydrogen-bond acceptors (Lipinski definition) is 4. The summed E-state index contributed by atoms with van der Waals surface area (Å²) in [5, 5.41) is 12.6. The van der Waals surface area contributed by atoms with Crippen LogP contribution in [0.15, 0.2) is 10.6 Å². The van der Waals surface area contributed by atoms with Crippen LogP contribution in [0.3, 0.4) is 0 Å². The molecule has 0 radical (unpaired) electrons. The number of nitrogens with zero attached hydrogens (tertiary/aromatic N) is 2. The Kier molecular flexibility index (Phi) is 3.24. The molecule has 1 heterocycles. The lowest BCUT2D eigenvalue weighted by Gasteiger charge is -2.17. The van der Waals surface area contributed by atoms with E-state index in [0.717, 1.165) is 18.0 Å². The molecule has 1 aromatic rings. The average Bonchev–Trinajstić information content (AvgIpc) is 2.89. The first-order chi connectivity index (χ1) is 7.63. The van der Waals surface area contributed by atoms with Crippen LogP contribution in [-0.2, 0) is 11.3 Å². The maximum Gasteiger partial charge on any atom is 0.317 e. The topological polar surface area (TPSA) is 66.6 Å². The Balaban J connectivity index is 1.91. The fourth-order valence-corrected chi connectivity index (χ4v) is 1.75. The Morgan fingerprint density at radius 1 is 1.69 bits per heavy atom. The summed E-state index contributed by atoms with van der Waals surface area (Å²) in [5.74, 6) is 0.611. The van der Waals surface area contributed by atoms with Gasteiger partial charge in [-0.05, 0) is 25.7 Å². The zero-order valence-electron chi connectivity index (χ0n) is 9.35. The van der Waals surface area contributed by atoms with Gasteiger partial charge in [-0.1, -0.05) is 5.16 Å². The van der Waals surface area contributed by atoms with Crippen LogP contribution in [0, 0.1) is 12.8 Å². The number of hydrogen-bond donors (Lipinski definition) is 1. The molecule has 16 heavy (non-hydrogen) atoms. The first kappa shape index (κ1) is 11.1. The SMILES string of the molecule is Cc1cc(CN(CC(=O)O)CC2CC2)on1. The second-order valence-corrected chi connectivity index (χ2v) is 4.44. The highest BCUT2D eigenvalue weighted by molar-refractivity contribution is 5.69. The van der Waals surface area contributed by atoms with Crippen molar-refractivity contribution >= 4 is 5.97 Å². The largest absolute Gasteiger partial charge is 0.480 e. The van der Waals surface area contributed by atoms with Crippen LogP contribution in [0.5, 0.6) is 0 Å². The molecule has 1 fully saturated rings. The molecule has 1 aromatic heterocycles. The van der Waals surface area contributed by atoms with Crippen molar-refractivity contribution in [1.82, 2.24) is 10.1 Å². The van der Waals surface area contributed by atoms with Gasteiger partial charge in [0.1, 0.15) is 0 Å². The number of aliphatic carboxylic acids is 1. The third-order valence-electron chi connectivity index (χ3n) is 2.63. The molecule has 0 aliphatic heterocycles. The van der Waals surface area contributed by atoms with Crippen LogP contribution in [0.1, 0.15) is 24.3 Å². The molecule has 0 atom stereocenters. The molecule has 0 bridgehead atoms. The highest BCUT2D eigenvalue weighted by Crippen LogP contribution is 2.30. The Hall–Kier alpha value is -1.36. The first-order valence-electron chi connectivity index (χ1n) is 5.50. The van der Waals surface area contributed by atoms with Crippen molar-refractivity contribution in [3.63, 3.8) is 0 Å². The number of carbonyl (C=O) groups is 1. The highest BCUT2D eigenvalue weighted by atomic mass is 16.5. The van der Waals surface area contributed by atoms with Crippen LogP contribution < -0.4 is 0 Å². The van der Waals surface area contributed by atoms with Gasteiger partial charge in [-0.15, -0.1) is 0 Å². The molecule has 0 saturated heterocycles. The van der Waals surface area contributed by atoms with E-state index in [1.165, 1.54) is 12.8 Å². The van der Waals surface area contributed by atoms with Crippen LogP contribution >= 0.6 is 0 Å². The molecule has 0 aromatic carbocycles. The molecule has 0 unspecified atom stereocenters. The first-order valence-corrected chi connectivity index (χ1v) is 5.50. The van der Waals surface area contributed by atoms with Gasteiger partial charge in [-0.3, -0.25) is 9.69 Å². The standard InChI is InChI=1S/C11H16N2O3/c1-8-4-10(16-12-8)6-13(7-11(14)15)5-9-2-3-9/h4,9H,2-3,5-7H2,1H3,(H,14,15). The molecule has 2 rings (SSSR count). The minimum Gasteiger partial charge on any atom is -0.480 e. The molecule has 0 spiro atoms. The number of carboxylic acids is 1. The zero-order valence-corrected chi connectivity index (χ0v) is 9.35. The molecule has 1 aliphatic rings. The monoisotopic (exact) mass is 224 g/mol. The van der Waals surface area contributed by atoms with Crippen molar-refractivity contribution in [3.05, 3.63) is 17.5 Å². The smallest absolute Gasteiger partial charge is 0.317 e. The number of carboxylic acid groups (broad SMARTS) is 1. The minimum absolute atomic E-state index is 0.0657. The lowest BCUT2D eigenvalue weighted by molar-refractivity contribution is -0.138. The molecular formula is C11H16N2O3. The molecule has 1 saturated carbocycles. The maximum absolute atomic E-state index is 10.7. The van der Waals surface area contributed by atoms with Crippen molar-refractivity contribution in [3.8, 4) is 0 Å². The van der Waals surface area contributed by atoms with E-state index < -0.39 is 5.97 Å². The van der Waals surface area contributed by atoms with E-state index in [-0.39, 0.29) is 6.54 Å². The summed E-state index contributed by atoms with van der Waals surface area (Å²) in [6, 6.07) is 1.85. The van der Waals surface area contributed by atoms with Crippen LogP contribution in [0.25, 0.3) is 0 Å². The van der Waals surface area contributed by atoms with E-state index in [2.05, 4.69) is 5.16 Å². The van der Waals surface area contributed by atoms with Gasteiger partial charge in [-0.2, -0.15) is 0 Å². The Morgan fingerprint density at radius 2 is 2.44 bits per heavy atom. The third kappa shape index (κ3) is 3.34. The van der Waals surface area contributed by atoms with Crippen molar-refractivity contribution in [2.45, 2.75) is 26.3 Å². The molecule has 0 amide bonds. The van der Waals surface area contributed by atoms with Crippen LogP contribution in [0.2, 0.25) is 0 Å². The van der Waals surface area contributed by atoms with E-state index in [1.807, 2.05) is 17.9 Å². The summed E-state index contributed by atoms with van der Waals surface area (Å²) in [7, 11) is 0. The molecule has 1 N–H and O–H groups in total. The van der Waals surface area contributed by atoms with E-state index in [0.29, 0.717) is 12.5 Å². The van der Waals surface area contributed by atoms with Crippen LogP contribution in [0.4, 0.5) is 0 Å². The summed E-state index contributed by atoms with van der Waals surface area (Å²) in [6.07, 6.45) is 2.43. The predicted molar refractivity (Wildman–Crippen MR) is 56.9 cm³/mol. The third-order valence-corrected chi connectivity index (χ3v) is 2.63. The Bertz CT molecular complexity index is 371. The summed E-state index contributed by atoms with van der Waals surface area (Å²) in [4.78, 5) is 12.6. The van der Waals surface area contributed by atoms with Gasteiger partial charge in [0.15, 0.2) is 5.76 Å². The molecule has 5 nitrogen and oxygen atoms in total. The molecular weight excluding hydrogens is 208 g/mol. The van der Waals surface area contributed by atoms with Gasteiger partial charge in [0, 0.05) is 12.6 Å². The van der Waals surface area contributed by atoms with Gasteiger partial charge in [-0.25, -0.2) is 0 Å². The zero-order chi connectivity index (χ0) is 11.5. The molecule has 1 aliphatic carbocycles. The van der Waals surface area contributed by atoms with Gasteiger partial charge in [0.05, 0.1) is 18.8 Å². The van der Waals surface area contributed by atoms with Gasteiger partial charge in [0.25, 0.3) is 0 Å². The summed E-state index contributed by atoms with van der Waals surface area (Å²) in [5.41, 5.74) is 0.830. The second kappa shape index (κ2) is 4.65. The summed E-state index contributed by atoms with van der Waals surface area (Å²) in [6.45, 7) is 3.29. The number of aryl methyl sites for hydroxylation is 1. The van der Waals surface area contributed by atoms with E-state index in [1.54, 1.807) is 0 Å². The Morgan fingerprint density at radius 3 is 2.94 bits per heavy atom. The van der Waals surface area contributed by atoms with E-state index >= 15 is 0 Å². The van der Waals surface area contributed by atoms with Gasteiger partial charge in [0.2, 0.25) is 0 Å². The quantitative estimate of drug-likeness (QED) is 0.788. The van der Waals surface area contributed by atoms with E-state index in [9.17, 15) is 4.79 Å². The maximum atomic E-state index is 10.7. The van der Waals surface area contributed by atoms with Crippen molar-refractivity contribution in [1.29, 1.82) is 0 Å². The van der Waals surface area contributed by atoms with Gasteiger partial charge < -0.3 is 9.63 Å². The highest BCUT2D eigenvalue weighted by Gasteiger charge is 2.25. The summed E-state index contributed by atoms with van der Waals surface area (Å²) < 4.78 is 5.09. The lowest BCUT2D eigenvalue weighted by Crippen LogP contribution is -2.31. The number of aromatic nitrogens is 1. The predicted octanol–water partition coefficient (Wildman–Crippen LogP) is 1.28. The van der Waals surface area contributed by atoms with Gasteiger partial charge >= 0.3 is 5.97 Å². The fraction of sp³-hybridized carbons (Fsp3) is 0.636. The van der Waals surface area contributed by atoms with Crippen molar-refractivity contribution in [2.75, 3.05) is 13.1 Å². The Labute approximate surface area is 94.0 Å². The summed E-state index contributed by atoms with van der Waals surface area (Å²) >= 11 is 0. The average molecular weight is 224 g/mol. The molecule has 5 heteroatoms. The lowest BCUT2D eigenvalue weighted by atomic mass is 10.3. The van der Waals surface area contributed by atoms with Crippen molar-refractivity contribution < 1.29 is 14.4 Å². The fourth-order valence-electron chi connectivity index (χ4n) is 1.75. The normalized spacial score (nSPS) is 15.6. The molecule has 88 valence electrons. The van der Waals surface area contributed by atoms with Crippen LogP contribution in [-0.4, -0.2) is 34.2 Å². The van der Waals surface area contributed by atoms with Crippen molar-refractivity contribution in [2.24, 2.45) is 5.92 Å².